The highest BCUT2D eigenvalue weighted by Crippen LogP contribution is 2.51. The van der Waals surface area contributed by atoms with E-state index < -0.39 is 11.7 Å². The van der Waals surface area contributed by atoms with E-state index in [-0.39, 0.29) is 17.2 Å². The van der Waals surface area contributed by atoms with Gasteiger partial charge in [-0.3, -0.25) is 0 Å². The van der Waals surface area contributed by atoms with Crippen LogP contribution in [0.5, 0.6) is 5.88 Å². The number of aromatic nitrogens is 4. The van der Waals surface area contributed by atoms with Crippen molar-refractivity contribution >= 4 is 17.5 Å². The third kappa shape index (κ3) is 2.51. The lowest BCUT2D eigenvalue weighted by Crippen LogP contribution is -2.27. The van der Waals surface area contributed by atoms with Crippen molar-refractivity contribution in [1.82, 2.24) is 19.7 Å². The first-order valence-corrected chi connectivity index (χ1v) is 7.48. The van der Waals surface area contributed by atoms with Crippen molar-refractivity contribution in [2.24, 2.45) is 5.41 Å². The molecule has 24 heavy (non-hydrogen) atoms. The molecule has 0 amide bonds. The van der Waals surface area contributed by atoms with E-state index in [1.165, 1.54) is 7.05 Å². The number of alkyl halides is 3. The van der Waals surface area contributed by atoms with Crippen LogP contribution in [0.4, 0.5) is 30.6 Å². The van der Waals surface area contributed by atoms with Crippen molar-refractivity contribution < 1.29 is 17.9 Å². The molecule has 1 fully saturated rings. The average Bonchev–Trinajstić information content (AvgIpc) is 3.17. The number of nitrogens with one attached hydrogen (secondary N) is 2. The normalized spacial score (nSPS) is 18.0. The van der Waals surface area contributed by atoms with Gasteiger partial charge < -0.3 is 15.4 Å². The molecule has 2 aromatic rings. The minimum Gasteiger partial charge on any atom is -0.476 e. The first-order valence-electron chi connectivity index (χ1n) is 7.48. The molecule has 0 radical (unpaired) electrons. The van der Waals surface area contributed by atoms with Gasteiger partial charge >= 0.3 is 6.18 Å². The molecular weight excluding hydrogens is 325 g/mol. The standard InChI is InChI=1S/C14H15F3N6O/c1-18-10-8(14(15,16)17)4-19-12(22-10)21-9-5-20-23-6-13(2-3-13)7-24-11(9)23/h4-5H,2-3,6-7H2,1H3,(H2,18,19,21,22). The minimum absolute atomic E-state index is 0.0402. The van der Waals surface area contributed by atoms with Crippen molar-refractivity contribution in [3.63, 3.8) is 0 Å². The minimum atomic E-state index is -4.52. The van der Waals surface area contributed by atoms with Gasteiger partial charge in [-0.1, -0.05) is 0 Å². The van der Waals surface area contributed by atoms with Gasteiger partial charge in [-0.15, -0.1) is 0 Å². The number of nitrogens with zero attached hydrogens (tertiary/aromatic N) is 4. The summed E-state index contributed by atoms with van der Waals surface area (Å²) < 4.78 is 46.2. The molecular formula is C14H15F3N6O. The van der Waals surface area contributed by atoms with Crippen LogP contribution < -0.4 is 15.4 Å². The fourth-order valence-corrected chi connectivity index (χ4v) is 2.75. The number of halogens is 3. The zero-order chi connectivity index (χ0) is 16.9. The topological polar surface area (TPSA) is 76.9 Å². The first kappa shape index (κ1) is 15.0. The van der Waals surface area contributed by atoms with Crippen LogP contribution in [0.1, 0.15) is 18.4 Å². The Labute approximate surface area is 135 Å². The lowest BCUT2D eigenvalue weighted by Gasteiger charge is -2.24. The molecule has 10 heteroatoms. The zero-order valence-corrected chi connectivity index (χ0v) is 12.8. The second-order valence-corrected chi connectivity index (χ2v) is 6.14. The van der Waals surface area contributed by atoms with E-state index in [0.717, 1.165) is 25.6 Å². The summed E-state index contributed by atoms with van der Waals surface area (Å²) in [4.78, 5) is 7.62. The molecule has 2 aliphatic rings. The summed E-state index contributed by atoms with van der Waals surface area (Å²) in [5.74, 6) is 0.305. The molecule has 0 bridgehead atoms. The van der Waals surface area contributed by atoms with Crippen molar-refractivity contribution in [3.8, 4) is 5.88 Å². The van der Waals surface area contributed by atoms with Crippen molar-refractivity contribution in [3.05, 3.63) is 18.0 Å². The van der Waals surface area contributed by atoms with Crippen LogP contribution in [0.2, 0.25) is 0 Å². The lowest BCUT2D eigenvalue weighted by molar-refractivity contribution is -0.137. The summed E-state index contributed by atoms with van der Waals surface area (Å²) >= 11 is 0. The van der Waals surface area contributed by atoms with Crippen LogP contribution >= 0.6 is 0 Å². The second-order valence-electron chi connectivity index (χ2n) is 6.14. The third-order valence-electron chi connectivity index (χ3n) is 4.33. The maximum atomic E-state index is 12.9. The smallest absolute Gasteiger partial charge is 0.421 e. The Morgan fingerprint density at radius 2 is 2.08 bits per heavy atom. The molecule has 7 nitrogen and oxygen atoms in total. The Balaban J connectivity index is 1.59. The molecule has 0 saturated heterocycles. The lowest BCUT2D eigenvalue weighted by atomic mass is 10.1. The molecule has 128 valence electrons. The molecule has 0 aromatic carbocycles. The van der Waals surface area contributed by atoms with Gasteiger partial charge in [0.2, 0.25) is 11.8 Å². The summed E-state index contributed by atoms with van der Waals surface area (Å²) in [5.41, 5.74) is -0.174. The number of rotatable bonds is 3. The van der Waals surface area contributed by atoms with Crippen molar-refractivity contribution in [1.29, 1.82) is 0 Å². The summed E-state index contributed by atoms with van der Waals surface area (Å²) in [6.45, 7) is 1.42. The van der Waals surface area contributed by atoms with Gasteiger partial charge in [-0.2, -0.15) is 23.3 Å². The highest BCUT2D eigenvalue weighted by molar-refractivity contribution is 5.61. The Bertz CT molecular complexity index is 783. The molecule has 1 aliphatic heterocycles. The number of hydrogen-bond acceptors (Lipinski definition) is 6. The van der Waals surface area contributed by atoms with E-state index in [2.05, 4.69) is 25.7 Å². The van der Waals surface area contributed by atoms with Gasteiger partial charge in [0.15, 0.2) is 0 Å². The molecule has 1 aliphatic carbocycles. The van der Waals surface area contributed by atoms with Crippen molar-refractivity contribution in [2.45, 2.75) is 25.6 Å². The van der Waals surface area contributed by atoms with Crippen LogP contribution in [-0.2, 0) is 12.7 Å². The number of anilines is 3. The predicted octanol–water partition coefficient (Wildman–Crippen LogP) is 2.65. The fraction of sp³-hybridized carbons (Fsp3) is 0.500. The Morgan fingerprint density at radius 3 is 2.75 bits per heavy atom. The highest BCUT2D eigenvalue weighted by Gasteiger charge is 2.47. The summed E-state index contributed by atoms with van der Waals surface area (Å²) in [7, 11) is 1.38. The van der Waals surface area contributed by atoms with Gasteiger partial charge in [0.25, 0.3) is 0 Å². The van der Waals surface area contributed by atoms with Gasteiger partial charge in [-0.05, 0) is 12.8 Å². The summed E-state index contributed by atoms with van der Waals surface area (Å²) in [6, 6.07) is 0. The average molecular weight is 340 g/mol. The largest absolute Gasteiger partial charge is 0.476 e. The fourth-order valence-electron chi connectivity index (χ4n) is 2.75. The van der Waals surface area contributed by atoms with E-state index in [0.29, 0.717) is 18.2 Å². The van der Waals surface area contributed by atoms with Gasteiger partial charge in [0, 0.05) is 18.7 Å². The van der Waals surface area contributed by atoms with Crippen LogP contribution in [0.3, 0.4) is 0 Å². The number of hydrogen-bond donors (Lipinski definition) is 2. The SMILES string of the molecule is CNc1nc(Nc2cnn3c2OCC2(CC2)C3)ncc1C(F)(F)F. The van der Waals surface area contributed by atoms with Gasteiger partial charge in [0.1, 0.15) is 17.1 Å². The van der Waals surface area contributed by atoms with E-state index >= 15 is 0 Å². The highest BCUT2D eigenvalue weighted by atomic mass is 19.4. The molecule has 1 saturated carbocycles. The second kappa shape index (κ2) is 4.99. The molecule has 0 atom stereocenters. The maximum absolute atomic E-state index is 12.9. The predicted molar refractivity (Wildman–Crippen MR) is 79.3 cm³/mol. The molecule has 2 aromatic heterocycles. The maximum Gasteiger partial charge on any atom is 0.421 e. The number of fused-ring (bicyclic) bond motifs is 1. The van der Waals surface area contributed by atoms with E-state index in [4.69, 9.17) is 4.74 Å². The number of ether oxygens (including phenoxy) is 1. The van der Waals surface area contributed by atoms with E-state index in [1.54, 1.807) is 10.9 Å². The van der Waals surface area contributed by atoms with Gasteiger partial charge in [-0.25, -0.2) is 9.67 Å². The zero-order valence-electron chi connectivity index (χ0n) is 12.8. The summed E-state index contributed by atoms with van der Waals surface area (Å²) in [6.07, 6.45) is 0.0502. The molecule has 3 heterocycles. The van der Waals surface area contributed by atoms with Crippen LogP contribution in [0, 0.1) is 5.41 Å². The van der Waals surface area contributed by atoms with Crippen molar-refractivity contribution in [2.75, 3.05) is 24.3 Å². The first-order chi connectivity index (χ1) is 11.4. The third-order valence-corrected chi connectivity index (χ3v) is 4.33. The van der Waals surface area contributed by atoms with Crippen LogP contribution in [0.15, 0.2) is 12.4 Å². The molecule has 4 rings (SSSR count). The van der Waals surface area contributed by atoms with Crippen LogP contribution in [0.25, 0.3) is 0 Å². The van der Waals surface area contributed by atoms with Crippen LogP contribution in [-0.4, -0.2) is 33.4 Å². The quantitative estimate of drug-likeness (QED) is 0.895. The summed E-state index contributed by atoms with van der Waals surface area (Å²) in [5, 5.41) is 9.58. The Morgan fingerprint density at radius 1 is 1.29 bits per heavy atom. The molecule has 2 N–H and O–H groups in total. The molecule has 0 unspecified atom stereocenters. The Kier molecular flexibility index (Phi) is 3.12. The Hall–Kier alpha value is -2.52. The van der Waals surface area contributed by atoms with Gasteiger partial charge in [0.05, 0.1) is 19.3 Å². The van der Waals surface area contributed by atoms with E-state index in [1.807, 2.05) is 0 Å². The molecule has 1 spiro atoms. The monoisotopic (exact) mass is 340 g/mol. The van der Waals surface area contributed by atoms with E-state index in [9.17, 15) is 13.2 Å².